The van der Waals surface area contributed by atoms with Crippen LogP contribution in [0.3, 0.4) is 0 Å². The molecule has 2 atom stereocenters. The Labute approximate surface area is 278 Å². The van der Waals surface area contributed by atoms with Gasteiger partial charge in [0.2, 0.25) is 5.91 Å². The molecule has 0 spiro atoms. The Morgan fingerprint density at radius 2 is 1.00 bits per heavy atom. The summed E-state index contributed by atoms with van der Waals surface area (Å²) in [5, 5.41) is 13.2. The number of hydrogen-bond acceptors (Lipinski definition) is 4. The minimum absolute atomic E-state index is 0.280. The van der Waals surface area contributed by atoms with Crippen LogP contribution in [0.2, 0.25) is 0 Å². The monoisotopic (exact) mass is 654 g/mol. The third-order valence-electron chi connectivity index (χ3n) is 8.31. The summed E-state index contributed by atoms with van der Waals surface area (Å²) in [6.07, 6.45) is 41.2. The predicted molar refractivity (Wildman–Crippen MR) is 193 cm³/mol. The van der Waals surface area contributed by atoms with Gasteiger partial charge in [0, 0.05) is 6.42 Å². The highest BCUT2D eigenvalue weighted by molar-refractivity contribution is 7.85. The highest BCUT2D eigenvalue weighted by Crippen LogP contribution is 2.13. The third kappa shape index (κ3) is 33.7. The smallest absolute Gasteiger partial charge is 0.267 e. The van der Waals surface area contributed by atoms with E-state index in [-0.39, 0.29) is 12.3 Å². The van der Waals surface area contributed by atoms with Gasteiger partial charge < -0.3 is 10.4 Å². The quantitative estimate of drug-likeness (QED) is 0.0371. The van der Waals surface area contributed by atoms with E-state index in [9.17, 15) is 22.9 Å². The van der Waals surface area contributed by atoms with E-state index in [4.69, 9.17) is 0 Å². The van der Waals surface area contributed by atoms with Gasteiger partial charge >= 0.3 is 0 Å². The maximum atomic E-state index is 12.5. The zero-order valence-electron chi connectivity index (χ0n) is 29.2. The second kappa shape index (κ2) is 32.5. The van der Waals surface area contributed by atoms with Crippen molar-refractivity contribution in [1.29, 1.82) is 0 Å². The SMILES string of the molecule is CCCCCC/C=C\C/C=C\CCCCCCCC(=O)NC(CS(=O)(=O)O)C(O)/C=C/CCCCCCCCCCCCCC. The molecule has 0 heterocycles. The predicted octanol–water partition coefficient (Wildman–Crippen LogP) is 10.6. The molecule has 2 unspecified atom stereocenters. The molecule has 3 N–H and O–H groups in total. The van der Waals surface area contributed by atoms with Crippen LogP contribution in [0.25, 0.3) is 0 Å². The molecular weight excluding hydrogens is 582 g/mol. The van der Waals surface area contributed by atoms with Crippen molar-refractivity contribution in [2.45, 2.75) is 193 Å². The lowest BCUT2D eigenvalue weighted by molar-refractivity contribution is -0.122. The molecule has 7 heteroatoms. The van der Waals surface area contributed by atoms with Gasteiger partial charge in [-0.15, -0.1) is 0 Å². The average Bonchev–Trinajstić information content (AvgIpc) is 3.00. The Morgan fingerprint density at radius 1 is 0.600 bits per heavy atom. The molecule has 0 rings (SSSR count). The number of aliphatic hydroxyl groups excluding tert-OH is 1. The van der Waals surface area contributed by atoms with Crippen molar-refractivity contribution in [2.24, 2.45) is 0 Å². The molecule has 0 aliphatic heterocycles. The van der Waals surface area contributed by atoms with Crippen molar-refractivity contribution in [3.05, 3.63) is 36.5 Å². The van der Waals surface area contributed by atoms with Gasteiger partial charge in [-0.1, -0.05) is 159 Å². The van der Waals surface area contributed by atoms with E-state index < -0.39 is 28.0 Å². The Balaban J connectivity index is 4.02. The largest absolute Gasteiger partial charge is 0.387 e. The van der Waals surface area contributed by atoms with E-state index in [1.807, 2.05) is 6.08 Å². The fraction of sp³-hybridized carbons (Fsp3) is 0.816. The van der Waals surface area contributed by atoms with Gasteiger partial charge in [-0.25, -0.2) is 0 Å². The number of hydrogen-bond donors (Lipinski definition) is 3. The minimum atomic E-state index is -4.34. The number of amides is 1. The van der Waals surface area contributed by atoms with Gasteiger partial charge in [0.25, 0.3) is 10.1 Å². The van der Waals surface area contributed by atoms with Crippen molar-refractivity contribution < 1.29 is 22.9 Å². The van der Waals surface area contributed by atoms with Gasteiger partial charge in [0.05, 0.1) is 17.9 Å². The molecule has 6 nitrogen and oxygen atoms in total. The number of carbonyl (C=O) groups excluding carboxylic acids is 1. The lowest BCUT2D eigenvalue weighted by Gasteiger charge is -2.21. The summed E-state index contributed by atoms with van der Waals surface area (Å²) < 4.78 is 32.4. The van der Waals surface area contributed by atoms with Gasteiger partial charge in [0.1, 0.15) is 0 Å². The standard InChI is InChI=1S/C38H71NO5S/c1-3-5-7-9-11-13-15-17-19-20-22-24-26-28-30-32-34-38(41)39-36(35-45(42,43)44)37(40)33-31-29-27-25-23-21-18-16-14-12-10-8-6-4-2/h13,15,19-20,31,33,36-37,40H,3-12,14,16-18,21-30,32,34-35H2,1-2H3,(H,39,41)(H,42,43,44)/b15-13-,20-19-,33-31+. The maximum absolute atomic E-state index is 12.5. The fourth-order valence-corrected chi connectivity index (χ4v) is 6.21. The van der Waals surface area contributed by atoms with Crippen LogP contribution < -0.4 is 5.32 Å². The normalized spacial score (nSPS) is 13.8. The molecule has 1 amide bonds. The van der Waals surface area contributed by atoms with E-state index in [1.165, 1.54) is 96.3 Å². The van der Waals surface area contributed by atoms with Gasteiger partial charge in [0.15, 0.2) is 0 Å². The number of nitrogens with one attached hydrogen (secondary N) is 1. The third-order valence-corrected chi connectivity index (χ3v) is 9.09. The number of unbranched alkanes of at least 4 members (excludes halogenated alkanes) is 21. The van der Waals surface area contributed by atoms with Gasteiger partial charge in [-0.05, 0) is 51.4 Å². The lowest BCUT2D eigenvalue weighted by atomic mass is 10.0. The highest BCUT2D eigenvalue weighted by atomic mass is 32.2. The fourth-order valence-electron chi connectivity index (χ4n) is 5.48. The summed E-state index contributed by atoms with van der Waals surface area (Å²) in [7, 11) is -4.34. The van der Waals surface area contributed by atoms with Crippen LogP contribution in [0.4, 0.5) is 0 Å². The molecule has 0 bridgehead atoms. The molecule has 0 radical (unpaired) electrons. The second-order valence-corrected chi connectivity index (χ2v) is 14.4. The van der Waals surface area contributed by atoms with Crippen LogP contribution in [0.5, 0.6) is 0 Å². The minimum Gasteiger partial charge on any atom is -0.387 e. The van der Waals surface area contributed by atoms with E-state index in [2.05, 4.69) is 43.5 Å². The summed E-state index contributed by atoms with van der Waals surface area (Å²) in [4.78, 5) is 12.5. The van der Waals surface area contributed by atoms with Crippen LogP contribution in [0.1, 0.15) is 181 Å². The summed E-state index contributed by atoms with van der Waals surface area (Å²) in [5.41, 5.74) is 0. The summed E-state index contributed by atoms with van der Waals surface area (Å²) in [5.74, 6) is -0.996. The van der Waals surface area contributed by atoms with Crippen LogP contribution in [0, 0.1) is 0 Å². The molecule has 0 aliphatic carbocycles. The van der Waals surface area contributed by atoms with Gasteiger partial charge in [-0.3, -0.25) is 9.35 Å². The molecule has 264 valence electrons. The Bertz CT molecular complexity index is 852. The van der Waals surface area contributed by atoms with E-state index in [0.29, 0.717) is 6.42 Å². The van der Waals surface area contributed by atoms with Crippen molar-refractivity contribution in [1.82, 2.24) is 5.32 Å². The van der Waals surface area contributed by atoms with Crippen molar-refractivity contribution >= 4 is 16.0 Å². The maximum Gasteiger partial charge on any atom is 0.267 e. The summed E-state index contributed by atoms with van der Waals surface area (Å²) in [6.45, 7) is 4.49. The zero-order chi connectivity index (χ0) is 33.3. The molecule has 0 saturated carbocycles. The molecular formula is C38H71NO5S. The van der Waals surface area contributed by atoms with Crippen LogP contribution in [-0.4, -0.2) is 41.9 Å². The summed E-state index contributed by atoms with van der Waals surface area (Å²) >= 11 is 0. The highest BCUT2D eigenvalue weighted by Gasteiger charge is 2.24. The first-order chi connectivity index (χ1) is 21.8. The van der Waals surface area contributed by atoms with Crippen molar-refractivity contribution in [3.8, 4) is 0 Å². The molecule has 0 aromatic rings. The summed E-state index contributed by atoms with van der Waals surface area (Å²) in [6, 6.07) is -1.06. The van der Waals surface area contributed by atoms with Crippen LogP contribution >= 0.6 is 0 Å². The van der Waals surface area contributed by atoms with Crippen molar-refractivity contribution in [3.63, 3.8) is 0 Å². The van der Waals surface area contributed by atoms with E-state index in [0.717, 1.165) is 57.8 Å². The molecule has 0 aromatic heterocycles. The number of carbonyl (C=O) groups is 1. The molecule has 0 aliphatic rings. The molecule has 45 heavy (non-hydrogen) atoms. The van der Waals surface area contributed by atoms with Crippen LogP contribution in [-0.2, 0) is 14.9 Å². The Hall–Kier alpha value is -1.44. The zero-order valence-corrected chi connectivity index (χ0v) is 30.1. The van der Waals surface area contributed by atoms with Crippen molar-refractivity contribution in [2.75, 3.05) is 5.75 Å². The topological polar surface area (TPSA) is 104 Å². The van der Waals surface area contributed by atoms with E-state index in [1.54, 1.807) is 6.08 Å². The first-order valence-corrected chi connectivity index (χ1v) is 20.3. The van der Waals surface area contributed by atoms with Gasteiger partial charge in [-0.2, -0.15) is 8.42 Å². The molecule has 0 aromatic carbocycles. The lowest BCUT2D eigenvalue weighted by Crippen LogP contribution is -2.46. The number of rotatable bonds is 33. The average molecular weight is 654 g/mol. The number of allylic oxidation sites excluding steroid dienone is 5. The van der Waals surface area contributed by atoms with Crippen LogP contribution in [0.15, 0.2) is 36.5 Å². The molecule has 0 fully saturated rings. The number of aliphatic hydroxyl groups is 1. The molecule has 0 saturated heterocycles. The van der Waals surface area contributed by atoms with E-state index >= 15 is 0 Å². The first kappa shape index (κ1) is 43.6. The first-order valence-electron chi connectivity index (χ1n) is 18.7. The second-order valence-electron chi connectivity index (χ2n) is 12.9. The Kier molecular flexibility index (Phi) is 31.5. The Morgan fingerprint density at radius 3 is 1.47 bits per heavy atom.